The fraction of sp³-hybridized carbons (Fsp3) is 0.444. The largest absolute Gasteiger partial charge is 0.462 e. The molecule has 0 atom stereocenters. The number of carbonyl (C=O) groups excluding carboxylic acids is 1. The number of esters is 1. The second-order valence-corrected chi connectivity index (χ2v) is 5.77. The van der Waals surface area contributed by atoms with Gasteiger partial charge in [0.1, 0.15) is 11.4 Å². The van der Waals surface area contributed by atoms with Crippen molar-refractivity contribution in [2.75, 3.05) is 13.2 Å². The van der Waals surface area contributed by atoms with Crippen LogP contribution in [0.2, 0.25) is 0 Å². The molecule has 1 heterocycles. The average Bonchev–Trinajstić information content (AvgIpc) is 3.32. The Morgan fingerprint density at radius 3 is 2.74 bits per heavy atom. The van der Waals surface area contributed by atoms with E-state index in [0.29, 0.717) is 30.1 Å². The summed E-state index contributed by atoms with van der Waals surface area (Å²) in [5.41, 5.74) is 2.10. The molecule has 1 aromatic heterocycles. The smallest absolute Gasteiger partial charge is 0.342 e. The minimum Gasteiger partial charge on any atom is -0.462 e. The number of nitrogens with zero attached hydrogens (tertiary/aromatic N) is 2. The second-order valence-electron chi connectivity index (χ2n) is 5.77. The maximum atomic E-state index is 13.8. The van der Waals surface area contributed by atoms with E-state index in [1.165, 1.54) is 12.1 Å². The number of hydrogen-bond donors (Lipinski definition) is 0. The van der Waals surface area contributed by atoms with Gasteiger partial charge in [-0.15, -0.1) is 0 Å². The van der Waals surface area contributed by atoms with Gasteiger partial charge in [-0.3, -0.25) is 4.99 Å². The van der Waals surface area contributed by atoms with Crippen LogP contribution in [0.25, 0.3) is 10.9 Å². The van der Waals surface area contributed by atoms with Crippen LogP contribution in [0.3, 0.4) is 0 Å². The van der Waals surface area contributed by atoms with Crippen molar-refractivity contribution in [3.63, 3.8) is 0 Å². The molecule has 122 valence electrons. The molecule has 4 nitrogen and oxygen atoms in total. The Kier molecular flexibility index (Phi) is 4.20. The SMILES string of the molecule is CCN=c1c(C(=O)OCC)c(C)n(C2CC2)c2cc(F)ccc12. The predicted molar refractivity (Wildman–Crippen MR) is 87.0 cm³/mol. The van der Waals surface area contributed by atoms with Crippen LogP contribution < -0.4 is 5.36 Å². The Morgan fingerprint density at radius 2 is 2.13 bits per heavy atom. The molecular formula is C18H21FN2O2. The number of carbonyl (C=O) groups is 1. The van der Waals surface area contributed by atoms with Gasteiger partial charge in [0.2, 0.25) is 0 Å². The quantitative estimate of drug-likeness (QED) is 0.810. The van der Waals surface area contributed by atoms with Crippen molar-refractivity contribution >= 4 is 16.9 Å². The molecule has 3 rings (SSSR count). The van der Waals surface area contributed by atoms with Crippen LogP contribution in [0.5, 0.6) is 0 Å². The number of ether oxygens (including phenoxy) is 1. The first-order chi connectivity index (χ1) is 11.1. The van der Waals surface area contributed by atoms with Crippen molar-refractivity contribution < 1.29 is 13.9 Å². The summed E-state index contributed by atoms with van der Waals surface area (Å²) in [7, 11) is 0. The zero-order chi connectivity index (χ0) is 16.6. The van der Waals surface area contributed by atoms with Crippen LogP contribution in [0, 0.1) is 12.7 Å². The molecule has 5 heteroatoms. The second kappa shape index (κ2) is 6.14. The normalized spacial score (nSPS) is 15.2. The fourth-order valence-electron chi connectivity index (χ4n) is 3.08. The maximum absolute atomic E-state index is 13.8. The van der Waals surface area contributed by atoms with Crippen molar-refractivity contribution in [1.29, 1.82) is 0 Å². The predicted octanol–water partition coefficient (Wildman–Crippen LogP) is 3.52. The third-order valence-electron chi connectivity index (χ3n) is 4.14. The van der Waals surface area contributed by atoms with E-state index in [9.17, 15) is 9.18 Å². The lowest BCUT2D eigenvalue weighted by Crippen LogP contribution is -2.25. The summed E-state index contributed by atoms with van der Waals surface area (Å²) in [5, 5.41) is 1.41. The standard InChI is InChI=1S/C18H21FN2O2/c1-4-20-17-14-9-6-12(19)10-15(14)21(13-7-8-13)11(3)16(17)18(22)23-5-2/h6,9-10,13H,4-5,7-8H2,1-3H3. The highest BCUT2D eigenvalue weighted by molar-refractivity contribution is 5.95. The molecule has 23 heavy (non-hydrogen) atoms. The van der Waals surface area contributed by atoms with E-state index in [2.05, 4.69) is 9.56 Å². The number of rotatable bonds is 4. The highest BCUT2D eigenvalue weighted by Gasteiger charge is 2.29. The zero-order valence-corrected chi connectivity index (χ0v) is 13.7. The molecule has 0 amide bonds. The first kappa shape index (κ1) is 15.7. The van der Waals surface area contributed by atoms with E-state index < -0.39 is 0 Å². The first-order valence-corrected chi connectivity index (χ1v) is 8.10. The van der Waals surface area contributed by atoms with Crippen LogP contribution in [0.15, 0.2) is 23.2 Å². The van der Waals surface area contributed by atoms with Gasteiger partial charge in [0.05, 0.1) is 17.5 Å². The summed E-state index contributed by atoms with van der Waals surface area (Å²) < 4.78 is 21.1. The lowest BCUT2D eigenvalue weighted by molar-refractivity contribution is 0.0522. The Balaban J connectivity index is 2.43. The van der Waals surface area contributed by atoms with Gasteiger partial charge in [-0.2, -0.15) is 0 Å². The van der Waals surface area contributed by atoms with E-state index in [4.69, 9.17) is 4.74 Å². The van der Waals surface area contributed by atoms with Crippen molar-refractivity contribution in [3.05, 3.63) is 40.6 Å². The van der Waals surface area contributed by atoms with Gasteiger partial charge in [0.25, 0.3) is 0 Å². The number of pyridine rings is 1. The molecule has 2 aromatic rings. The molecule has 0 N–H and O–H groups in total. The molecule has 1 fully saturated rings. The summed E-state index contributed by atoms with van der Waals surface area (Å²) in [6.45, 7) is 6.46. The molecule has 0 radical (unpaired) electrons. The lowest BCUT2D eigenvalue weighted by atomic mass is 10.1. The minimum absolute atomic E-state index is 0.280. The minimum atomic E-state index is -0.363. The number of benzene rings is 1. The number of aromatic nitrogens is 1. The van der Waals surface area contributed by atoms with E-state index >= 15 is 0 Å². The van der Waals surface area contributed by atoms with Gasteiger partial charge < -0.3 is 9.30 Å². The number of fused-ring (bicyclic) bond motifs is 1. The van der Waals surface area contributed by atoms with Gasteiger partial charge >= 0.3 is 5.97 Å². The molecule has 0 bridgehead atoms. The molecule has 1 aliphatic carbocycles. The van der Waals surface area contributed by atoms with Crippen LogP contribution in [-0.4, -0.2) is 23.7 Å². The van der Waals surface area contributed by atoms with Crippen molar-refractivity contribution in [3.8, 4) is 0 Å². The molecule has 1 aliphatic rings. The monoisotopic (exact) mass is 316 g/mol. The van der Waals surface area contributed by atoms with E-state index in [0.717, 1.165) is 29.4 Å². The summed E-state index contributed by atoms with van der Waals surface area (Å²) in [6, 6.07) is 4.98. The van der Waals surface area contributed by atoms with Gasteiger partial charge in [-0.1, -0.05) is 0 Å². The highest BCUT2D eigenvalue weighted by Crippen LogP contribution is 2.38. The molecule has 0 spiro atoms. The number of hydrogen-bond acceptors (Lipinski definition) is 3. The Labute approximate surface area is 134 Å². The molecule has 1 saturated carbocycles. The van der Waals surface area contributed by atoms with Crippen LogP contribution >= 0.6 is 0 Å². The zero-order valence-electron chi connectivity index (χ0n) is 13.7. The van der Waals surface area contributed by atoms with Crippen LogP contribution in [0.1, 0.15) is 48.8 Å². The third kappa shape index (κ3) is 2.76. The summed E-state index contributed by atoms with van der Waals surface area (Å²) in [6.07, 6.45) is 2.09. The Morgan fingerprint density at radius 1 is 1.39 bits per heavy atom. The third-order valence-corrected chi connectivity index (χ3v) is 4.14. The summed E-state index contributed by atoms with van der Waals surface area (Å²) in [4.78, 5) is 17.0. The highest BCUT2D eigenvalue weighted by atomic mass is 19.1. The van der Waals surface area contributed by atoms with Gasteiger partial charge in [-0.05, 0) is 51.8 Å². The first-order valence-electron chi connectivity index (χ1n) is 8.10. The molecular weight excluding hydrogens is 295 g/mol. The molecule has 0 aliphatic heterocycles. The van der Waals surface area contributed by atoms with Crippen LogP contribution in [-0.2, 0) is 4.74 Å². The van der Waals surface area contributed by atoms with Gasteiger partial charge in [-0.25, -0.2) is 9.18 Å². The average molecular weight is 316 g/mol. The van der Waals surface area contributed by atoms with E-state index in [1.54, 1.807) is 13.0 Å². The van der Waals surface area contributed by atoms with E-state index in [1.807, 2.05) is 13.8 Å². The molecule has 0 saturated heterocycles. The van der Waals surface area contributed by atoms with Gasteiger partial charge in [0.15, 0.2) is 0 Å². The van der Waals surface area contributed by atoms with Crippen LogP contribution in [0.4, 0.5) is 4.39 Å². The van der Waals surface area contributed by atoms with E-state index in [-0.39, 0.29) is 11.8 Å². The Bertz CT molecular complexity index is 835. The van der Waals surface area contributed by atoms with Crippen molar-refractivity contribution in [1.82, 2.24) is 4.57 Å². The number of halogens is 1. The maximum Gasteiger partial charge on any atom is 0.342 e. The summed E-state index contributed by atoms with van der Waals surface area (Å²) in [5.74, 6) is -0.643. The topological polar surface area (TPSA) is 43.6 Å². The molecule has 0 unspecified atom stereocenters. The van der Waals surface area contributed by atoms with Crippen molar-refractivity contribution in [2.24, 2.45) is 4.99 Å². The Hall–Kier alpha value is -2.17. The van der Waals surface area contributed by atoms with Gasteiger partial charge in [0, 0.05) is 23.7 Å². The summed E-state index contributed by atoms with van der Waals surface area (Å²) >= 11 is 0. The van der Waals surface area contributed by atoms with Crippen molar-refractivity contribution in [2.45, 2.75) is 39.7 Å². The molecule has 1 aromatic carbocycles. The fourth-order valence-corrected chi connectivity index (χ4v) is 3.08. The lowest BCUT2D eigenvalue weighted by Gasteiger charge is -2.18.